The van der Waals surface area contributed by atoms with Gasteiger partial charge in [-0.3, -0.25) is 4.79 Å². The van der Waals surface area contributed by atoms with Crippen LogP contribution >= 0.6 is 11.8 Å². The zero-order valence-corrected chi connectivity index (χ0v) is 16.2. The lowest BCUT2D eigenvalue weighted by Gasteiger charge is -2.13. The van der Waals surface area contributed by atoms with Crippen LogP contribution in [0.1, 0.15) is 49.4 Å². The standard InChI is InChI=1S/C19H21NO5S/c1-10-15(19(23)24-4)11(2)20-16(10)17(21)12(3)25-18(22)13-8-6-7-9-14(13)26-5/h6-9,12,20H,1-5H3/t12-/m1/s1. The molecule has 0 aliphatic rings. The van der Waals surface area contributed by atoms with Gasteiger partial charge in [-0.25, -0.2) is 9.59 Å². The minimum atomic E-state index is -1.00. The molecule has 1 heterocycles. The number of benzene rings is 1. The zero-order chi connectivity index (χ0) is 19.4. The minimum Gasteiger partial charge on any atom is -0.465 e. The van der Waals surface area contributed by atoms with Gasteiger partial charge in [0.25, 0.3) is 0 Å². The summed E-state index contributed by atoms with van der Waals surface area (Å²) in [7, 11) is 1.28. The Labute approximate surface area is 156 Å². The third kappa shape index (κ3) is 3.83. The average Bonchev–Trinajstić information content (AvgIpc) is 2.94. The van der Waals surface area contributed by atoms with Gasteiger partial charge >= 0.3 is 11.9 Å². The van der Waals surface area contributed by atoms with E-state index in [0.29, 0.717) is 22.4 Å². The van der Waals surface area contributed by atoms with Crippen molar-refractivity contribution in [2.45, 2.75) is 31.8 Å². The number of nitrogens with one attached hydrogen (secondary N) is 1. The number of rotatable bonds is 6. The van der Waals surface area contributed by atoms with Gasteiger partial charge in [-0.2, -0.15) is 0 Å². The van der Waals surface area contributed by atoms with Gasteiger partial charge in [0.15, 0.2) is 6.10 Å². The molecule has 0 saturated carbocycles. The fourth-order valence-electron chi connectivity index (χ4n) is 2.70. The van der Waals surface area contributed by atoms with Crippen LogP contribution < -0.4 is 0 Å². The predicted octanol–water partition coefficient (Wildman–Crippen LogP) is 3.57. The van der Waals surface area contributed by atoms with Gasteiger partial charge in [-0.15, -0.1) is 11.8 Å². The van der Waals surface area contributed by atoms with Crippen molar-refractivity contribution in [3.63, 3.8) is 0 Å². The van der Waals surface area contributed by atoms with Crippen molar-refractivity contribution in [2.24, 2.45) is 0 Å². The van der Waals surface area contributed by atoms with Crippen LogP contribution in [-0.2, 0) is 9.47 Å². The first-order chi connectivity index (χ1) is 12.3. The largest absolute Gasteiger partial charge is 0.465 e. The molecule has 1 N–H and O–H groups in total. The molecule has 0 aliphatic heterocycles. The van der Waals surface area contributed by atoms with E-state index in [4.69, 9.17) is 9.47 Å². The lowest BCUT2D eigenvalue weighted by Crippen LogP contribution is -2.25. The fraction of sp³-hybridized carbons (Fsp3) is 0.316. The van der Waals surface area contributed by atoms with Crippen molar-refractivity contribution in [1.82, 2.24) is 4.98 Å². The molecule has 0 saturated heterocycles. The van der Waals surface area contributed by atoms with Crippen LogP contribution in [-0.4, -0.2) is 42.2 Å². The van der Waals surface area contributed by atoms with Crippen molar-refractivity contribution in [2.75, 3.05) is 13.4 Å². The Morgan fingerprint density at radius 1 is 1.12 bits per heavy atom. The van der Waals surface area contributed by atoms with Crippen molar-refractivity contribution in [3.05, 3.63) is 52.3 Å². The highest BCUT2D eigenvalue weighted by molar-refractivity contribution is 7.98. The van der Waals surface area contributed by atoms with Crippen molar-refractivity contribution >= 4 is 29.5 Å². The summed E-state index contributed by atoms with van der Waals surface area (Å²) in [6.07, 6.45) is 0.861. The molecule has 0 unspecified atom stereocenters. The van der Waals surface area contributed by atoms with Gasteiger partial charge in [0, 0.05) is 10.6 Å². The number of carbonyl (C=O) groups is 3. The number of carbonyl (C=O) groups excluding carboxylic acids is 3. The molecule has 2 aromatic rings. The number of aromatic amines is 1. The van der Waals surface area contributed by atoms with E-state index in [-0.39, 0.29) is 5.69 Å². The lowest BCUT2D eigenvalue weighted by atomic mass is 10.1. The lowest BCUT2D eigenvalue weighted by molar-refractivity contribution is 0.0313. The predicted molar refractivity (Wildman–Crippen MR) is 99.0 cm³/mol. The molecule has 0 fully saturated rings. The van der Waals surface area contributed by atoms with Crippen LogP contribution in [0.25, 0.3) is 0 Å². The topological polar surface area (TPSA) is 85.5 Å². The number of esters is 2. The summed E-state index contributed by atoms with van der Waals surface area (Å²) in [5, 5.41) is 0. The summed E-state index contributed by atoms with van der Waals surface area (Å²) in [5.74, 6) is -1.49. The first-order valence-corrected chi connectivity index (χ1v) is 9.20. The molecule has 6 nitrogen and oxygen atoms in total. The average molecular weight is 375 g/mol. The number of H-pyrrole nitrogens is 1. The number of thioether (sulfide) groups is 1. The molecule has 138 valence electrons. The summed E-state index contributed by atoms with van der Waals surface area (Å²) < 4.78 is 10.1. The van der Waals surface area contributed by atoms with Crippen LogP contribution in [0.3, 0.4) is 0 Å². The Morgan fingerprint density at radius 3 is 2.38 bits per heavy atom. The van der Waals surface area contributed by atoms with E-state index in [0.717, 1.165) is 4.90 Å². The molecule has 0 amide bonds. The molecule has 2 rings (SSSR count). The van der Waals surface area contributed by atoms with Crippen LogP contribution in [0.15, 0.2) is 29.2 Å². The summed E-state index contributed by atoms with van der Waals surface area (Å²) in [4.78, 5) is 40.6. The van der Waals surface area contributed by atoms with Crippen LogP contribution in [0, 0.1) is 13.8 Å². The summed E-state index contributed by atoms with van der Waals surface area (Å²) in [6.45, 7) is 4.84. The van der Waals surface area contributed by atoms with Gasteiger partial charge in [0.1, 0.15) is 0 Å². The number of aryl methyl sites for hydroxylation is 1. The quantitative estimate of drug-likeness (QED) is 0.472. The maximum atomic E-state index is 12.7. The van der Waals surface area contributed by atoms with E-state index in [2.05, 4.69) is 4.98 Å². The van der Waals surface area contributed by atoms with Gasteiger partial charge in [0.05, 0.1) is 23.9 Å². The monoisotopic (exact) mass is 375 g/mol. The fourth-order valence-corrected chi connectivity index (χ4v) is 3.28. The second-order valence-electron chi connectivity index (χ2n) is 5.73. The Morgan fingerprint density at radius 2 is 1.77 bits per heavy atom. The summed E-state index contributed by atoms with van der Waals surface area (Å²) >= 11 is 1.43. The van der Waals surface area contributed by atoms with Gasteiger partial charge in [-0.05, 0) is 44.7 Å². The number of methoxy groups -OCH3 is 1. The number of Topliss-reactive ketones (excluding diaryl/α,β-unsaturated/α-hetero) is 1. The molecule has 1 aromatic heterocycles. The maximum Gasteiger partial charge on any atom is 0.339 e. The van der Waals surface area contributed by atoms with E-state index in [1.807, 2.05) is 18.4 Å². The van der Waals surface area contributed by atoms with E-state index in [9.17, 15) is 14.4 Å². The van der Waals surface area contributed by atoms with E-state index < -0.39 is 23.8 Å². The highest BCUT2D eigenvalue weighted by atomic mass is 32.2. The van der Waals surface area contributed by atoms with Gasteiger partial charge < -0.3 is 14.5 Å². The highest BCUT2D eigenvalue weighted by Gasteiger charge is 2.28. The summed E-state index contributed by atoms with van der Waals surface area (Å²) in [5.41, 5.74) is 1.98. The molecular weight excluding hydrogens is 354 g/mol. The molecule has 0 spiro atoms. The van der Waals surface area contributed by atoms with E-state index in [1.165, 1.54) is 25.8 Å². The molecule has 0 bridgehead atoms. The van der Waals surface area contributed by atoms with Crippen LogP contribution in [0.5, 0.6) is 0 Å². The Balaban J connectivity index is 2.23. The number of aromatic nitrogens is 1. The van der Waals surface area contributed by atoms with Crippen molar-refractivity contribution in [3.8, 4) is 0 Å². The smallest absolute Gasteiger partial charge is 0.339 e. The maximum absolute atomic E-state index is 12.7. The first kappa shape index (κ1) is 19.8. The zero-order valence-electron chi connectivity index (χ0n) is 15.3. The Kier molecular flexibility index (Phi) is 6.26. The van der Waals surface area contributed by atoms with Crippen LogP contribution in [0.4, 0.5) is 0 Å². The Hall–Kier alpha value is -2.54. The second-order valence-corrected chi connectivity index (χ2v) is 6.58. The third-order valence-electron chi connectivity index (χ3n) is 4.05. The molecular formula is C19H21NO5S. The summed E-state index contributed by atoms with van der Waals surface area (Å²) in [6, 6.07) is 7.04. The first-order valence-electron chi connectivity index (χ1n) is 7.97. The second kappa shape index (κ2) is 8.23. The van der Waals surface area contributed by atoms with Crippen molar-refractivity contribution < 1.29 is 23.9 Å². The Bertz CT molecular complexity index is 856. The molecule has 26 heavy (non-hydrogen) atoms. The van der Waals surface area contributed by atoms with Gasteiger partial charge in [-0.1, -0.05) is 12.1 Å². The normalized spacial score (nSPS) is 11.7. The number of hydrogen-bond acceptors (Lipinski definition) is 6. The molecule has 0 radical (unpaired) electrons. The molecule has 7 heteroatoms. The molecule has 1 aromatic carbocycles. The highest BCUT2D eigenvalue weighted by Crippen LogP contribution is 2.23. The van der Waals surface area contributed by atoms with Crippen LogP contribution in [0.2, 0.25) is 0 Å². The van der Waals surface area contributed by atoms with Gasteiger partial charge in [0.2, 0.25) is 5.78 Å². The SMILES string of the molecule is COC(=O)c1c(C)[nH]c(C(=O)[C@@H](C)OC(=O)c2ccccc2SC)c1C. The number of ether oxygens (including phenoxy) is 2. The van der Waals surface area contributed by atoms with E-state index >= 15 is 0 Å². The number of hydrogen-bond donors (Lipinski definition) is 1. The minimum absolute atomic E-state index is 0.237. The third-order valence-corrected chi connectivity index (χ3v) is 4.85. The molecule has 1 atom stereocenters. The number of ketones is 1. The molecule has 0 aliphatic carbocycles. The van der Waals surface area contributed by atoms with Crippen molar-refractivity contribution in [1.29, 1.82) is 0 Å². The van der Waals surface area contributed by atoms with E-state index in [1.54, 1.807) is 26.0 Å².